The van der Waals surface area contributed by atoms with Crippen molar-refractivity contribution in [3.8, 4) is 0 Å². The summed E-state index contributed by atoms with van der Waals surface area (Å²) in [6.07, 6.45) is 6.09. The van der Waals surface area contributed by atoms with Crippen LogP contribution in [-0.2, 0) is 0 Å². The number of nitrogens with one attached hydrogen (secondary N) is 1. The molecule has 3 rings (SSSR count). The SMILES string of the molecule is C(=Nc1ccccc1)c1ccccc1.C1CCNCC1. The molecular formula is C18H22N2. The van der Waals surface area contributed by atoms with Crippen molar-refractivity contribution in [2.45, 2.75) is 19.3 Å². The number of hydrogen-bond donors (Lipinski definition) is 1. The first-order chi connectivity index (χ1) is 9.95. The van der Waals surface area contributed by atoms with Crippen molar-refractivity contribution in [3.05, 3.63) is 66.2 Å². The van der Waals surface area contributed by atoms with Gasteiger partial charge in [0.15, 0.2) is 0 Å². The smallest absolute Gasteiger partial charge is 0.0629 e. The first-order valence-electron chi connectivity index (χ1n) is 7.30. The van der Waals surface area contributed by atoms with Crippen molar-refractivity contribution in [2.75, 3.05) is 13.1 Å². The Bertz CT molecular complexity index is 434. The molecule has 0 spiro atoms. The van der Waals surface area contributed by atoms with Crippen LogP contribution in [0.15, 0.2) is 65.7 Å². The van der Waals surface area contributed by atoms with Crippen molar-refractivity contribution in [3.63, 3.8) is 0 Å². The van der Waals surface area contributed by atoms with E-state index >= 15 is 0 Å². The third-order valence-corrected chi connectivity index (χ3v) is 3.13. The van der Waals surface area contributed by atoms with Gasteiger partial charge in [0.1, 0.15) is 0 Å². The van der Waals surface area contributed by atoms with E-state index in [2.05, 4.69) is 10.3 Å². The van der Waals surface area contributed by atoms with Crippen LogP contribution in [0.1, 0.15) is 24.8 Å². The van der Waals surface area contributed by atoms with Gasteiger partial charge in [-0.3, -0.25) is 4.99 Å². The standard InChI is InChI=1S/C13H11N.C5H11N/c1-3-7-12(8-4-1)11-14-13-9-5-2-6-10-13;1-2-4-6-5-3-1/h1-11H;6H,1-5H2. The highest BCUT2D eigenvalue weighted by atomic mass is 14.9. The molecular weight excluding hydrogens is 244 g/mol. The molecule has 0 radical (unpaired) electrons. The lowest BCUT2D eigenvalue weighted by Crippen LogP contribution is -2.21. The summed E-state index contributed by atoms with van der Waals surface area (Å²) in [7, 11) is 0. The molecule has 2 heteroatoms. The Morgan fingerprint density at radius 2 is 1.35 bits per heavy atom. The molecule has 0 unspecified atom stereocenters. The Hall–Kier alpha value is -1.93. The van der Waals surface area contributed by atoms with E-state index in [1.54, 1.807) is 0 Å². The molecule has 2 nitrogen and oxygen atoms in total. The quantitative estimate of drug-likeness (QED) is 0.810. The fraction of sp³-hybridized carbons (Fsp3) is 0.278. The fourth-order valence-corrected chi connectivity index (χ4v) is 2.00. The molecule has 1 saturated heterocycles. The van der Waals surface area contributed by atoms with Gasteiger partial charge in [0.05, 0.1) is 5.69 Å². The first kappa shape index (κ1) is 14.5. The van der Waals surface area contributed by atoms with Crippen LogP contribution in [0.5, 0.6) is 0 Å². The maximum Gasteiger partial charge on any atom is 0.0629 e. The van der Waals surface area contributed by atoms with E-state index in [9.17, 15) is 0 Å². The van der Waals surface area contributed by atoms with Gasteiger partial charge < -0.3 is 5.32 Å². The number of hydrogen-bond acceptors (Lipinski definition) is 2. The van der Waals surface area contributed by atoms with Gasteiger partial charge in [0, 0.05) is 6.21 Å². The van der Waals surface area contributed by atoms with Gasteiger partial charge in [-0.2, -0.15) is 0 Å². The summed E-state index contributed by atoms with van der Waals surface area (Å²) >= 11 is 0. The number of nitrogens with zero attached hydrogens (tertiary/aromatic N) is 1. The average Bonchev–Trinajstić information content (AvgIpc) is 2.57. The minimum atomic E-state index is 0.983. The molecule has 0 bridgehead atoms. The second kappa shape index (κ2) is 9.05. The molecule has 0 aromatic heterocycles. The van der Waals surface area contributed by atoms with Crippen molar-refractivity contribution in [2.24, 2.45) is 4.99 Å². The molecule has 0 atom stereocenters. The minimum Gasteiger partial charge on any atom is -0.317 e. The van der Waals surface area contributed by atoms with Gasteiger partial charge in [-0.15, -0.1) is 0 Å². The molecule has 1 N–H and O–H groups in total. The highest BCUT2D eigenvalue weighted by molar-refractivity contribution is 5.81. The van der Waals surface area contributed by atoms with Gasteiger partial charge in [0.2, 0.25) is 0 Å². The second-order valence-electron chi connectivity index (χ2n) is 4.82. The monoisotopic (exact) mass is 266 g/mol. The van der Waals surface area contributed by atoms with E-state index in [0.717, 1.165) is 11.3 Å². The molecule has 2 aromatic rings. The molecule has 1 heterocycles. The van der Waals surface area contributed by atoms with Crippen LogP contribution in [0.3, 0.4) is 0 Å². The highest BCUT2D eigenvalue weighted by Crippen LogP contribution is 2.09. The lowest BCUT2D eigenvalue weighted by atomic mass is 10.2. The summed E-state index contributed by atoms with van der Waals surface area (Å²) in [4.78, 5) is 4.35. The van der Waals surface area contributed by atoms with Crippen LogP contribution >= 0.6 is 0 Å². The van der Waals surface area contributed by atoms with Crippen LogP contribution in [0.2, 0.25) is 0 Å². The van der Waals surface area contributed by atoms with E-state index in [0.29, 0.717) is 0 Å². The number of benzene rings is 2. The molecule has 104 valence electrons. The largest absolute Gasteiger partial charge is 0.317 e. The molecule has 1 aliphatic heterocycles. The zero-order chi connectivity index (χ0) is 13.9. The summed E-state index contributed by atoms with van der Waals surface area (Å²) in [5.41, 5.74) is 2.10. The molecule has 0 aliphatic carbocycles. The van der Waals surface area contributed by atoms with Crippen LogP contribution in [-0.4, -0.2) is 19.3 Å². The summed E-state index contributed by atoms with van der Waals surface area (Å²) in [5.74, 6) is 0. The molecule has 20 heavy (non-hydrogen) atoms. The van der Waals surface area contributed by atoms with Gasteiger partial charge in [-0.1, -0.05) is 55.0 Å². The third-order valence-electron chi connectivity index (χ3n) is 3.13. The van der Waals surface area contributed by atoms with E-state index in [-0.39, 0.29) is 0 Å². The molecule has 2 aromatic carbocycles. The first-order valence-corrected chi connectivity index (χ1v) is 7.30. The van der Waals surface area contributed by atoms with Crippen LogP contribution in [0.4, 0.5) is 5.69 Å². The van der Waals surface area contributed by atoms with Gasteiger partial charge in [-0.25, -0.2) is 0 Å². The van der Waals surface area contributed by atoms with Gasteiger partial charge >= 0.3 is 0 Å². The Labute approximate surface area is 121 Å². The maximum absolute atomic E-state index is 4.35. The van der Waals surface area contributed by atoms with Crippen LogP contribution in [0, 0.1) is 0 Å². The normalized spacial score (nSPS) is 14.6. The number of aliphatic imine (C=N–C) groups is 1. The van der Waals surface area contributed by atoms with Crippen LogP contribution in [0.25, 0.3) is 0 Å². The zero-order valence-corrected chi connectivity index (χ0v) is 11.8. The molecule has 0 saturated carbocycles. The number of rotatable bonds is 2. The number of piperidine rings is 1. The van der Waals surface area contributed by atoms with Gasteiger partial charge in [-0.05, 0) is 43.6 Å². The highest BCUT2D eigenvalue weighted by Gasteiger charge is 1.93. The van der Waals surface area contributed by atoms with Crippen molar-refractivity contribution in [1.29, 1.82) is 0 Å². The van der Waals surface area contributed by atoms with E-state index in [4.69, 9.17) is 0 Å². The summed E-state index contributed by atoms with van der Waals surface area (Å²) < 4.78 is 0. The lowest BCUT2D eigenvalue weighted by Gasteiger charge is -2.08. The Morgan fingerprint density at radius 3 is 1.85 bits per heavy atom. The van der Waals surface area contributed by atoms with Crippen molar-refractivity contribution < 1.29 is 0 Å². The topological polar surface area (TPSA) is 24.4 Å². The third kappa shape index (κ3) is 5.81. The summed E-state index contributed by atoms with van der Waals surface area (Å²) in [5, 5.41) is 3.28. The van der Waals surface area contributed by atoms with Crippen molar-refractivity contribution in [1.82, 2.24) is 5.32 Å². The fourth-order valence-electron chi connectivity index (χ4n) is 2.00. The van der Waals surface area contributed by atoms with Crippen molar-refractivity contribution >= 4 is 11.9 Å². The summed E-state index contributed by atoms with van der Waals surface area (Å²) in [6, 6.07) is 20.0. The second-order valence-corrected chi connectivity index (χ2v) is 4.82. The Kier molecular flexibility index (Phi) is 6.55. The van der Waals surface area contributed by atoms with Crippen LogP contribution < -0.4 is 5.32 Å². The molecule has 0 amide bonds. The predicted octanol–water partition coefficient (Wildman–Crippen LogP) is 4.20. The van der Waals surface area contributed by atoms with Gasteiger partial charge in [0.25, 0.3) is 0 Å². The molecule has 1 aliphatic rings. The lowest BCUT2D eigenvalue weighted by molar-refractivity contribution is 0.520. The minimum absolute atomic E-state index is 0.983. The zero-order valence-electron chi connectivity index (χ0n) is 11.8. The number of para-hydroxylation sites is 1. The maximum atomic E-state index is 4.35. The predicted molar refractivity (Wildman–Crippen MR) is 86.9 cm³/mol. The Morgan fingerprint density at radius 1 is 0.750 bits per heavy atom. The Balaban J connectivity index is 0.000000205. The molecule has 1 fully saturated rings. The van der Waals surface area contributed by atoms with E-state index < -0.39 is 0 Å². The van der Waals surface area contributed by atoms with E-state index in [1.165, 1.54) is 32.4 Å². The average molecular weight is 266 g/mol. The summed E-state index contributed by atoms with van der Waals surface area (Å²) in [6.45, 7) is 2.50. The van der Waals surface area contributed by atoms with E-state index in [1.807, 2.05) is 66.9 Å².